The van der Waals surface area contributed by atoms with Crippen LogP contribution in [0.1, 0.15) is 61.4 Å². The number of hydrogen-bond donors (Lipinski definition) is 0. The highest BCUT2D eigenvalue weighted by Gasteiger charge is 2.44. The summed E-state index contributed by atoms with van der Waals surface area (Å²) in [6, 6.07) is 6.75. The fraction of sp³-hybridized carbons (Fsp3) is 0.500. The Kier molecular flexibility index (Phi) is 6.15. The summed E-state index contributed by atoms with van der Waals surface area (Å²) >= 11 is 0. The number of amides is 1. The predicted molar refractivity (Wildman–Crippen MR) is 126 cm³/mol. The number of nitrogens with zero attached hydrogens (tertiary/aromatic N) is 4. The third kappa shape index (κ3) is 4.51. The van der Waals surface area contributed by atoms with Gasteiger partial charge in [0.25, 0.3) is 5.91 Å². The van der Waals surface area contributed by atoms with Crippen LogP contribution >= 0.6 is 0 Å². The summed E-state index contributed by atoms with van der Waals surface area (Å²) in [5.74, 6) is 0.314. The highest BCUT2D eigenvalue weighted by Crippen LogP contribution is 2.35. The molecule has 0 N–H and O–H groups in total. The molecule has 5 rings (SSSR count). The minimum Gasteiger partial charge on any atom is -0.368 e. The second kappa shape index (κ2) is 9.21. The first-order chi connectivity index (χ1) is 16.1. The van der Waals surface area contributed by atoms with E-state index in [2.05, 4.69) is 27.9 Å². The van der Waals surface area contributed by atoms with Gasteiger partial charge in [0.1, 0.15) is 5.82 Å². The Morgan fingerprint density at radius 1 is 1.24 bits per heavy atom. The van der Waals surface area contributed by atoms with Crippen LogP contribution in [0.2, 0.25) is 0 Å². The van der Waals surface area contributed by atoms with Crippen LogP contribution in [0.25, 0.3) is 5.57 Å². The number of piperidine rings is 1. The quantitative estimate of drug-likeness (QED) is 0.688. The van der Waals surface area contributed by atoms with Crippen molar-refractivity contribution in [1.29, 1.82) is 0 Å². The smallest absolute Gasteiger partial charge is 0.253 e. The Hall–Kier alpha value is -2.80. The highest BCUT2D eigenvalue weighted by atomic mass is 19.1. The SMILES string of the molecule is CCC1CN(c2ncccn2)CC2(CCN(C(=O)c3ccc(C4=CCCC4)c(F)c3)CC2)O1. The zero-order valence-corrected chi connectivity index (χ0v) is 19.2. The number of carbonyl (C=O) groups excluding carboxylic acids is 1. The van der Waals surface area contributed by atoms with E-state index in [1.807, 2.05) is 11.0 Å². The topological polar surface area (TPSA) is 58.6 Å². The number of ether oxygens (including phenoxy) is 1. The molecule has 1 spiro atoms. The van der Waals surface area contributed by atoms with E-state index >= 15 is 0 Å². The maximum atomic E-state index is 14.8. The molecule has 174 valence electrons. The van der Waals surface area contributed by atoms with E-state index in [-0.39, 0.29) is 23.4 Å². The van der Waals surface area contributed by atoms with E-state index in [9.17, 15) is 9.18 Å². The Labute approximate surface area is 194 Å². The molecule has 6 nitrogen and oxygen atoms in total. The number of allylic oxidation sites excluding steroid dienone is 2. The number of anilines is 1. The summed E-state index contributed by atoms with van der Waals surface area (Å²) in [4.78, 5) is 26.0. The summed E-state index contributed by atoms with van der Waals surface area (Å²) in [6.45, 7) is 4.80. The summed E-state index contributed by atoms with van der Waals surface area (Å²) in [7, 11) is 0. The van der Waals surface area contributed by atoms with E-state index in [1.54, 1.807) is 24.5 Å². The minimum atomic E-state index is -0.320. The number of morpholine rings is 1. The highest BCUT2D eigenvalue weighted by molar-refractivity contribution is 5.94. The van der Waals surface area contributed by atoms with Gasteiger partial charge in [0.15, 0.2) is 0 Å². The normalized spacial score (nSPS) is 22.5. The van der Waals surface area contributed by atoms with Gasteiger partial charge in [-0.15, -0.1) is 0 Å². The van der Waals surface area contributed by atoms with E-state index in [0.29, 0.717) is 30.8 Å². The van der Waals surface area contributed by atoms with Gasteiger partial charge < -0.3 is 14.5 Å². The standard InChI is InChI=1S/C26H31FN4O2/c1-2-21-17-31(25-28-12-5-13-29-25)18-26(33-21)10-14-30(15-11-26)24(32)20-8-9-22(23(27)16-20)19-6-3-4-7-19/h5-6,8-9,12-13,16,21H,2-4,7,10-11,14-15,17-18H2,1H3. The summed E-state index contributed by atoms with van der Waals surface area (Å²) < 4.78 is 21.3. The van der Waals surface area contributed by atoms with Gasteiger partial charge in [-0.2, -0.15) is 0 Å². The third-order valence-electron chi connectivity index (χ3n) is 7.17. The zero-order valence-electron chi connectivity index (χ0n) is 19.2. The number of hydrogen-bond acceptors (Lipinski definition) is 5. The largest absolute Gasteiger partial charge is 0.368 e. The molecule has 2 fully saturated rings. The van der Waals surface area contributed by atoms with Crippen LogP contribution < -0.4 is 4.90 Å². The van der Waals surface area contributed by atoms with Gasteiger partial charge in [0.05, 0.1) is 18.2 Å². The maximum absolute atomic E-state index is 14.8. The van der Waals surface area contributed by atoms with Crippen LogP contribution in [0, 0.1) is 5.82 Å². The van der Waals surface area contributed by atoms with Crippen molar-refractivity contribution in [2.45, 2.75) is 57.2 Å². The molecule has 33 heavy (non-hydrogen) atoms. The van der Waals surface area contributed by atoms with Crippen molar-refractivity contribution in [3.05, 3.63) is 59.7 Å². The molecule has 1 atom stereocenters. The van der Waals surface area contributed by atoms with E-state index in [0.717, 1.165) is 56.6 Å². The molecule has 0 radical (unpaired) electrons. The molecule has 0 saturated carbocycles. The molecule has 1 unspecified atom stereocenters. The molecule has 1 amide bonds. The lowest BCUT2D eigenvalue weighted by Gasteiger charge is -2.50. The average Bonchev–Trinajstić information content (AvgIpc) is 3.39. The fourth-order valence-corrected chi connectivity index (χ4v) is 5.31. The molecule has 3 heterocycles. The Morgan fingerprint density at radius 2 is 2.03 bits per heavy atom. The molecule has 7 heteroatoms. The minimum absolute atomic E-state index is 0.108. The molecular formula is C26H31FN4O2. The van der Waals surface area contributed by atoms with E-state index in [4.69, 9.17) is 4.74 Å². The Morgan fingerprint density at radius 3 is 2.70 bits per heavy atom. The number of aromatic nitrogens is 2. The molecule has 0 bridgehead atoms. The molecule has 2 aliphatic heterocycles. The summed E-state index contributed by atoms with van der Waals surface area (Å²) in [5.41, 5.74) is 1.78. The molecule has 2 aromatic rings. The van der Waals surface area contributed by atoms with Crippen LogP contribution in [-0.4, -0.2) is 58.7 Å². The summed E-state index contributed by atoms with van der Waals surface area (Å²) in [6.07, 6.45) is 11.1. The van der Waals surface area contributed by atoms with Crippen molar-refractivity contribution >= 4 is 17.4 Å². The molecule has 3 aliphatic rings. The molecule has 1 aromatic carbocycles. The van der Waals surface area contributed by atoms with Crippen molar-refractivity contribution < 1.29 is 13.9 Å². The van der Waals surface area contributed by atoms with Crippen LogP contribution in [-0.2, 0) is 4.74 Å². The van der Waals surface area contributed by atoms with Crippen LogP contribution in [0.4, 0.5) is 10.3 Å². The lowest BCUT2D eigenvalue weighted by atomic mass is 9.88. The molecule has 1 aliphatic carbocycles. The van der Waals surface area contributed by atoms with E-state index < -0.39 is 0 Å². The maximum Gasteiger partial charge on any atom is 0.253 e. The summed E-state index contributed by atoms with van der Waals surface area (Å²) in [5, 5.41) is 0. The van der Waals surface area contributed by atoms with Crippen LogP contribution in [0.3, 0.4) is 0 Å². The van der Waals surface area contributed by atoms with Gasteiger partial charge in [0.2, 0.25) is 5.95 Å². The fourth-order valence-electron chi connectivity index (χ4n) is 5.31. The van der Waals surface area contributed by atoms with Gasteiger partial charge in [-0.3, -0.25) is 4.79 Å². The van der Waals surface area contributed by atoms with Crippen LogP contribution in [0.15, 0.2) is 42.7 Å². The van der Waals surface area contributed by atoms with Gasteiger partial charge >= 0.3 is 0 Å². The Balaban J connectivity index is 1.27. The second-order valence-electron chi connectivity index (χ2n) is 9.37. The predicted octanol–water partition coefficient (Wildman–Crippen LogP) is 4.47. The number of likely N-dealkylation sites (tertiary alicyclic amines) is 1. The van der Waals surface area contributed by atoms with Gasteiger partial charge in [0, 0.05) is 43.2 Å². The van der Waals surface area contributed by atoms with Gasteiger partial charge in [-0.1, -0.05) is 19.1 Å². The number of halogens is 1. The number of rotatable bonds is 4. The molecular weight excluding hydrogens is 419 g/mol. The first kappa shape index (κ1) is 22.0. The van der Waals surface area contributed by atoms with Crippen molar-refractivity contribution in [3.63, 3.8) is 0 Å². The second-order valence-corrected chi connectivity index (χ2v) is 9.37. The first-order valence-corrected chi connectivity index (χ1v) is 12.0. The van der Waals surface area contributed by atoms with Crippen LogP contribution in [0.5, 0.6) is 0 Å². The monoisotopic (exact) mass is 450 g/mol. The zero-order chi connectivity index (χ0) is 22.8. The van der Waals surface area contributed by atoms with Crippen molar-refractivity contribution in [2.75, 3.05) is 31.1 Å². The third-order valence-corrected chi connectivity index (χ3v) is 7.17. The molecule has 1 aromatic heterocycles. The first-order valence-electron chi connectivity index (χ1n) is 12.0. The lowest BCUT2D eigenvalue weighted by molar-refractivity contribution is -0.130. The van der Waals surface area contributed by atoms with Crippen molar-refractivity contribution in [3.8, 4) is 0 Å². The number of benzene rings is 1. The van der Waals surface area contributed by atoms with Gasteiger partial charge in [-0.05, 0) is 62.3 Å². The average molecular weight is 451 g/mol. The lowest BCUT2D eigenvalue weighted by Crippen LogP contribution is -2.60. The van der Waals surface area contributed by atoms with Gasteiger partial charge in [-0.25, -0.2) is 14.4 Å². The van der Waals surface area contributed by atoms with Crippen molar-refractivity contribution in [2.24, 2.45) is 0 Å². The molecule has 2 saturated heterocycles. The van der Waals surface area contributed by atoms with E-state index in [1.165, 1.54) is 6.07 Å². The Bertz CT molecular complexity index is 1030. The number of carbonyl (C=O) groups is 1. The van der Waals surface area contributed by atoms with Crippen molar-refractivity contribution in [1.82, 2.24) is 14.9 Å².